The van der Waals surface area contributed by atoms with Crippen molar-refractivity contribution in [3.05, 3.63) is 52.4 Å². The second-order valence-electron chi connectivity index (χ2n) is 8.69. The van der Waals surface area contributed by atoms with Crippen molar-refractivity contribution >= 4 is 35.3 Å². The lowest BCUT2D eigenvalue weighted by atomic mass is 10.1. The largest absolute Gasteiger partial charge is 0.493 e. The Kier molecular flexibility index (Phi) is 10.7. The summed E-state index contributed by atoms with van der Waals surface area (Å²) in [6, 6.07) is 10.9. The van der Waals surface area contributed by atoms with E-state index < -0.39 is 0 Å². The number of carbonyl (C=O) groups is 2. The van der Waals surface area contributed by atoms with Crippen molar-refractivity contribution in [2.45, 2.75) is 44.4 Å². The highest BCUT2D eigenvalue weighted by atomic mass is 32.2. The van der Waals surface area contributed by atoms with E-state index in [2.05, 4.69) is 29.4 Å². The topological polar surface area (TPSA) is 79.9 Å². The maximum absolute atomic E-state index is 12.8. The average molecular weight is 512 g/mol. The molecule has 8 heteroatoms. The maximum atomic E-state index is 12.8. The molecule has 2 N–H and O–H groups in total. The van der Waals surface area contributed by atoms with Gasteiger partial charge in [0.2, 0.25) is 0 Å². The van der Waals surface area contributed by atoms with E-state index in [-0.39, 0.29) is 11.8 Å². The summed E-state index contributed by atoms with van der Waals surface area (Å²) in [5.74, 6) is 0.895. The molecule has 0 saturated heterocycles. The van der Waals surface area contributed by atoms with Crippen LogP contribution in [-0.4, -0.2) is 57.1 Å². The van der Waals surface area contributed by atoms with Crippen LogP contribution in [0.15, 0.2) is 46.2 Å². The number of thioether (sulfide) groups is 1. The van der Waals surface area contributed by atoms with E-state index in [1.54, 1.807) is 26.4 Å². The fraction of sp³-hybridized carbons (Fsp3) is 0.429. The standard InChI is InChI=1S/C28H37N3O4S/c1-5-7-14-31(15-8-6-2)16-13-29-27(32)21-10-12-25-22(19-21)30-28(33)26(36-25)18-20-9-11-23(34-3)24(17-20)35-4/h9-12,17-19H,5-8,13-16H2,1-4H3,(H,29,32)(H,30,33). The van der Waals surface area contributed by atoms with E-state index in [9.17, 15) is 9.59 Å². The van der Waals surface area contributed by atoms with E-state index in [4.69, 9.17) is 9.47 Å². The number of ether oxygens (including phenoxy) is 2. The lowest BCUT2D eigenvalue weighted by Gasteiger charge is -2.22. The fourth-order valence-corrected chi connectivity index (χ4v) is 4.86. The predicted octanol–water partition coefficient (Wildman–Crippen LogP) is 5.42. The third-order valence-corrected chi connectivity index (χ3v) is 7.11. The summed E-state index contributed by atoms with van der Waals surface area (Å²) in [5.41, 5.74) is 2.02. The van der Waals surface area contributed by atoms with E-state index >= 15 is 0 Å². The Morgan fingerprint density at radius 1 is 1.00 bits per heavy atom. The molecule has 1 heterocycles. The van der Waals surface area contributed by atoms with Crippen LogP contribution in [0.4, 0.5) is 5.69 Å². The molecule has 194 valence electrons. The number of carbonyl (C=O) groups excluding carboxylic acids is 2. The summed E-state index contributed by atoms with van der Waals surface area (Å²) in [5, 5.41) is 5.95. The monoisotopic (exact) mass is 511 g/mol. The van der Waals surface area contributed by atoms with Gasteiger partial charge in [-0.05, 0) is 67.9 Å². The molecule has 36 heavy (non-hydrogen) atoms. The van der Waals surface area contributed by atoms with Gasteiger partial charge in [-0.1, -0.05) is 44.5 Å². The van der Waals surface area contributed by atoms with Crippen LogP contribution in [0, 0.1) is 0 Å². The van der Waals surface area contributed by atoms with Gasteiger partial charge in [-0.25, -0.2) is 0 Å². The number of benzene rings is 2. The second kappa shape index (κ2) is 13.9. The summed E-state index contributed by atoms with van der Waals surface area (Å²) < 4.78 is 10.6. The number of unbranched alkanes of at least 4 members (excludes halogenated alkanes) is 2. The zero-order valence-electron chi connectivity index (χ0n) is 21.7. The molecule has 7 nitrogen and oxygen atoms in total. The minimum absolute atomic E-state index is 0.130. The maximum Gasteiger partial charge on any atom is 0.262 e. The summed E-state index contributed by atoms with van der Waals surface area (Å²) in [6.45, 7) is 7.96. The Balaban J connectivity index is 1.63. The summed E-state index contributed by atoms with van der Waals surface area (Å²) in [4.78, 5) is 29.4. The second-order valence-corrected chi connectivity index (χ2v) is 9.78. The molecule has 0 aromatic heterocycles. The van der Waals surface area contributed by atoms with Gasteiger partial charge in [-0.3, -0.25) is 9.59 Å². The first-order chi connectivity index (χ1) is 17.5. The molecule has 2 aromatic rings. The van der Waals surface area contributed by atoms with Crippen molar-refractivity contribution < 1.29 is 19.1 Å². The quantitative estimate of drug-likeness (QED) is 0.350. The predicted molar refractivity (Wildman–Crippen MR) is 147 cm³/mol. The number of amides is 2. The minimum atomic E-state index is -0.206. The molecule has 3 rings (SSSR count). The van der Waals surface area contributed by atoms with Gasteiger partial charge in [0.05, 0.1) is 24.8 Å². The Bertz CT molecular complexity index is 1080. The Morgan fingerprint density at radius 3 is 2.39 bits per heavy atom. The molecule has 0 spiro atoms. The summed E-state index contributed by atoms with van der Waals surface area (Å²) >= 11 is 1.38. The van der Waals surface area contributed by atoms with Crippen molar-refractivity contribution in [2.75, 3.05) is 45.7 Å². The van der Waals surface area contributed by atoms with Gasteiger partial charge in [0.1, 0.15) is 0 Å². The normalized spacial score (nSPS) is 13.9. The Morgan fingerprint density at radius 2 is 1.72 bits per heavy atom. The van der Waals surface area contributed by atoms with Crippen LogP contribution in [0.2, 0.25) is 0 Å². The van der Waals surface area contributed by atoms with E-state index in [0.29, 0.717) is 34.2 Å². The van der Waals surface area contributed by atoms with Gasteiger partial charge >= 0.3 is 0 Å². The van der Waals surface area contributed by atoms with Gasteiger partial charge in [0.25, 0.3) is 11.8 Å². The zero-order valence-corrected chi connectivity index (χ0v) is 22.5. The van der Waals surface area contributed by atoms with Gasteiger partial charge in [-0.2, -0.15) is 0 Å². The van der Waals surface area contributed by atoms with Crippen LogP contribution in [-0.2, 0) is 4.79 Å². The third-order valence-electron chi connectivity index (χ3n) is 6.01. The third kappa shape index (κ3) is 7.51. The molecule has 0 radical (unpaired) electrons. The molecule has 0 unspecified atom stereocenters. The van der Waals surface area contributed by atoms with Crippen LogP contribution in [0.1, 0.15) is 55.5 Å². The molecular weight excluding hydrogens is 474 g/mol. The smallest absolute Gasteiger partial charge is 0.262 e. The van der Waals surface area contributed by atoms with Gasteiger partial charge in [0.15, 0.2) is 11.5 Å². The molecule has 1 aliphatic heterocycles. The van der Waals surface area contributed by atoms with Crippen molar-refractivity contribution in [1.82, 2.24) is 10.2 Å². The first-order valence-corrected chi connectivity index (χ1v) is 13.4. The number of fused-ring (bicyclic) bond motifs is 1. The van der Waals surface area contributed by atoms with Crippen molar-refractivity contribution in [3.63, 3.8) is 0 Å². The lowest BCUT2D eigenvalue weighted by Crippen LogP contribution is -2.36. The van der Waals surface area contributed by atoms with Gasteiger partial charge < -0.3 is 25.0 Å². The first-order valence-electron chi connectivity index (χ1n) is 12.6. The number of rotatable bonds is 13. The average Bonchev–Trinajstić information content (AvgIpc) is 2.89. The summed E-state index contributed by atoms with van der Waals surface area (Å²) in [7, 11) is 3.16. The van der Waals surface area contributed by atoms with E-state index in [0.717, 1.165) is 30.1 Å². The molecule has 2 aromatic carbocycles. The number of nitrogens with one attached hydrogen (secondary N) is 2. The number of hydrogen-bond donors (Lipinski definition) is 2. The molecule has 0 atom stereocenters. The number of nitrogens with zero attached hydrogens (tertiary/aromatic N) is 1. The van der Waals surface area contributed by atoms with Crippen LogP contribution < -0.4 is 20.1 Å². The molecule has 0 saturated carbocycles. The van der Waals surface area contributed by atoms with Crippen molar-refractivity contribution in [3.8, 4) is 11.5 Å². The van der Waals surface area contributed by atoms with Gasteiger partial charge in [-0.15, -0.1) is 0 Å². The molecule has 0 aliphatic carbocycles. The highest BCUT2D eigenvalue weighted by Crippen LogP contribution is 2.40. The summed E-state index contributed by atoms with van der Waals surface area (Å²) in [6.07, 6.45) is 6.48. The number of anilines is 1. The zero-order chi connectivity index (χ0) is 25.9. The van der Waals surface area contributed by atoms with Gasteiger partial charge in [0, 0.05) is 23.5 Å². The highest BCUT2D eigenvalue weighted by Gasteiger charge is 2.22. The lowest BCUT2D eigenvalue weighted by molar-refractivity contribution is -0.112. The highest BCUT2D eigenvalue weighted by molar-refractivity contribution is 8.04. The van der Waals surface area contributed by atoms with Crippen LogP contribution in [0.5, 0.6) is 11.5 Å². The molecule has 2 amide bonds. The van der Waals surface area contributed by atoms with Crippen LogP contribution in [0.25, 0.3) is 6.08 Å². The van der Waals surface area contributed by atoms with Crippen molar-refractivity contribution in [2.24, 2.45) is 0 Å². The van der Waals surface area contributed by atoms with Crippen LogP contribution in [0.3, 0.4) is 0 Å². The van der Waals surface area contributed by atoms with Crippen molar-refractivity contribution in [1.29, 1.82) is 0 Å². The number of hydrogen-bond acceptors (Lipinski definition) is 6. The Hall–Kier alpha value is -2.97. The van der Waals surface area contributed by atoms with E-state index in [1.165, 1.54) is 37.4 Å². The Labute approximate surface area is 218 Å². The SMILES string of the molecule is CCCCN(CCCC)CCNC(=O)c1ccc2c(c1)NC(=O)C(=Cc1ccc(OC)c(OC)c1)S2. The van der Waals surface area contributed by atoms with Crippen LogP contribution >= 0.6 is 11.8 Å². The molecule has 1 aliphatic rings. The van der Waals surface area contributed by atoms with E-state index in [1.807, 2.05) is 30.3 Å². The fourth-order valence-electron chi connectivity index (χ4n) is 3.92. The molecule has 0 bridgehead atoms. The minimum Gasteiger partial charge on any atom is -0.493 e. The number of methoxy groups -OCH3 is 2. The molecular formula is C28H37N3O4S. The first kappa shape index (κ1) is 27.6. The molecule has 0 fully saturated rings.